The number of allylic oxidation sites excluding steroid dienone is 2. The highest BCUT2D eigenvalue weighted by atomic mass is 19.1. The number of methoxy groups -OCH3 is 1. The number of carbonyl (C=O) groups is 1. The first-order valence-corrected chi connectivity index (χ1v) is 5.85. The molecule has 3 heteroatoms. The number of rotatable bonds is 4. The molecule has 0 aliphatic carbocycles. The molecule has 0 radical (unpaired) electrons. The standard InChI is InChI=1S/C15H17FO2/c1-4-8-13(15(17)18-3)11(5-2)12-9-6-7-10-14(12)16/h5-10H,4H2,1-3H3/b11-5-,13-8+. The Kier molecular flexibility index (Phi) is 5.31. The lowest BCUT2D eigenvalue weighted by Gasteiger charge is -2.11. The van der Waals surface area contributed by atoms with Crippen molar-refractivity contribution in [3.63, 3.8) is 0 Å². The normalized spacial score (nSPS) is 12.4. The number of ether oxygens (including phenoxy) is 1. The van der Waals surface area contributed by atoms with Crippen LogP contribution in [-0.2, 0) is 9.53 Å². The maximum atomic E-state index is 13.8. The van der Waals surface area contributed by atoms with E-state index in [0.29, 0.717) is 23.1 Å². The van der Waals surface area contributed by atoms with Crippen molar-refractivity contribution >= 4 is 11.5 Å². The van der Waals surface area contributed by atoms with E-state index in [1.807, 2.05) is 6.92 Å². The van der Waals surface area contributed by atoms with Gasteiger partial charge in [0.25, 0.3) is 0 Å². The monoisotopic (exact) mass is 248 g/mol. The van der Waals surface area contributed by atoms with Crippen LogP contribution in [-0.4, -0.2) is 13.1 Å². The van der Waals surface area contributed by atoms with Crippen molar-refractivity contribution in [3.8, 4) is 0 Å². The fraction of sp³-hybridized carbons (Fsp3) is 0.267. The van der Waals surface area contributed by atoms with Crippen molar-refractivity contribution in [2.45, 2.75) is 20.3 Å². The molecular weight excluding hydrogens is 231 g/mol. The first-order valence-electron chi connectivity index (χ1n) is 5.85. The van der Waals surface area contributed by atoms with Gasteiger partial charge in [0.15, 0.2) is 0 Å². The molecule has 18 heavy (non-hydrogen) atoms. The molecule has 1 aromatic carbocycles. The molecule has 1 aromatic rings. The molecule has 0 saturated carbocycles. The molecule has 0 fully saturated rings. The SMILES string of the molecule is C/C=C(\C(=C/CC)C(=O)OC)c1ccccc1F. The Labute approximate surface area is 107 Å². The van der Waals surface area contributed by atoms with Gasteiger partial charge >= 0.3 is 5.97 Å². The zero-order chi connectivity index (χ0) is 13.5. The van der Waals surface area contributed by atoms with Gasteiger partial charge in [0.1, 0.15) is 5.82 Å². The fourth-order valence-electron chi connectivity index (χ4n) is 1.75. The van der Waals surface area contributed by atoms with Gasteiger partial charge in [-0.2, -0.15) is 0 Å². The minimum absolute atomic E-state index is 0.350. The fourth-order valence-corrected chi connectivity index (χ4v) is 1.75. The molecule has 0 saturated heterocycles. The summed E-state index contributed by atoms with van der Waals surface area (Å²) in [5.74, 6) is -0.801. The van der Waals surface area contributed by atoms with E-state index >= 15 is 0 Å². The predicted octanol–water partition coefficient (Wildman–Crippen LogP) is 3.74. The lowest BCUT2D eigenvalue weighted by Crippen LogP contribution is -2.07. The van der Waals surface area contributed by atoms with E-state index in [-0.39, 0.29) is 5.82 Å². The largest absolute Gasteiger partial charge is 0.465 e. The minimum atomic E-state index is -0.451. The summed E-state index contributed by atoms with van der Waals surface area (Å²) in [6.45, 7) is 3.69. The lowest BCUT2D eigenvalue weighted by atomic mass is 9.96. The summed E-state index contributed by atoms with van der Waals surface area (Å²) in [5.41, 5.74) is 1.36. The Morgan fingerprint density at radius 3 is 2.56 bits per heavy atom. The van der Waals surface area contributed by atoms with Crippen molar-refractivity contribution in [1.82, 2.24) is 0 Å². The van der Waals surface area contributed by atoms with Crippen LogP contribution in [0.5, 0.6) is 0 Å². The summed E-state index contributed by atoms with van der Waals surface area (Å²) in [6, 6.07) is 6.38. The highest BCUT2D eigenvalue weighted by Crippen LogP contribution is 2.26. The van der Waals surface area contributed by atoms with E-state index < -0.39 is 5.97 Å². The molecule has 0 aliphatic heterocycles. The second-order valence-corrected chi connectivity index (χ2v) is 3.70. The number of esters is 1. The first kappa shape index (κ1) is 14.2. The Bertz CT molecular complexity index is 487. The van der Waals surface area contributed by atoms with Gasteiger partial charge in [0.05, 0.1) is 12.7 Å². The van der Waals surface area contributed by atoms with Gasteiger partial charge < -0.3 is 4.74 Å². The molecule has 0 amide bonds. The second kappa shape index (κ2) is 6.74. The molecule has 2 nitrogen and oxygen atoms in total. The van der Waals surface area contributed by atoms with Crippen LogP contribution in [0.15, 0.2) is 42.0 Å². The van der Waals surface area contributed by atoms with Crippen LogP contribution in [0.4, 0.5) is 4.39 Å². The van der Waals surface area contributed by atoms with Crippen LogP contribution in [0, 0.1) is 5.82 Å². The lowest BCUT2D eigenvalue weighted by molar-refractivity contribution is -0.135. The number of hydrogen-bond donors (Lipinski definition) is 0. The molecule has 0 atom stereocenters. The number of halogens is 1. The molecule has 0 spiro atoms. The Balaban J connectivity index is 3.29. The molecule has 96 valence electrons. The summed E-state index contributed by atoms with van der Waals surface area (Å²) < 4.78 is 18.5. The van der Waals surface area contributed by atoms with E-state index in [1.165, 1.54) is 13.2 Å². The number of benzene rings is 1. The molecule has 0 aliphatic rings. The van der Waals surface area contributed by atoms with Crippen LogP contribution in [0.25, 0.3) is 5.57 Å². The maximum absolute atomic E-state index is 13.8. The molecular formula is C15H17FO2. The molecule has 0 aromatic heterocycles. The Morgan fingerprint density at radius 2 is 2.06 bits per heavy atom. The highest BCUT2D eigenvalue weighted by Gasteiger charge is 2.17. The summed E-state index contributed by atoms with van der Waals surface area (Å²) in [6.07, 6.45) is 4.14. The van der Waals surface area contributed by atoms with Gasteiger partial charge in [-0.1, -0.05) is 37.3 Å². The van der Waals surface area contributed by atoms with E-state index in [0.717, 1.165) is 0 Å². The molecule has 0 unspecified atom stereocenters. The van der Waals surface area contributed by atoms with Gasteiger partial charge in [-0.15, -0.1) is 0 Å². The van der Waals surface area contributed by atoms with Crippen LogP contribution in [0.1, 0.15) is 25.8 Å². The summed E-state index contributed by atoms with van der Waals surface area (Å²) in [4.78, 5) is 11.7. The number of hydrogen-bond acceptors (Lipinski definition) is 2. The van der Waals surface area contributed by atoms with E-state index in [1.54, 1.807) is 37.3 Å². The van der Waals surface area contributed by atoms with Crippen molar-refractivity contribution in [2.24, 2.45) is 0 Å². The molecule has 0 N–H and O–H groups in total. The third-order valence-corrected chi connectivity index (χ3v) is 2.56. The predicted molar refractivity (Wildman–Crippen MR) is 70.4 cm³/mol. The van der Waals surface area contributed by atoms with Crippen LogP contribution < -0.4 is 0 Å². The van der Waals surface area contributed by atoms with Gasteiger partial charge in [-0.3, -0.25) is 0 Å². The van der Waals surface area contributed by atoms with Crippen molar-refractivity contribution in [2.75, 3.05) is 7.11 Å². The zero-order valence-electron chi connectivity index (χ0n) is 10.9. The van der Waals surface area contributed by atoms with Crippen molar-refractivity contribution < 1.29 is 13.9 Å². The number of carbonyl (C=O) groups excluding carboxylic acids is 1. The van der Waals surface area contributed by atoms with Gasteiger partial charge in [0, 0.05) is 5.56 Å². The van der Waals surface area contributed by atoms with Crippen molar-refractivity contribution in [1.29, 1.82) is 0 Å². The summed E-state index contributed by atoms with van der Waals surface area (Å²) >= 11 is 0. The molecule has 1 rings (SSSR count). The van der Waals surface area contributed by atoms with E-state index in [9.17, 15) is 9.18 Å². The van der Waals surface area contributed by atoms with Gasteiger partial charge in [-0.25, -0.2) is 9.18 Å². The smallest absolute Gasteiger partial charge is 0.338 e. The summed E-state index contributed by atoms with van der Waals surface area (Å²) in [7, 11) is 1.32. The third kappa shape index (κ3) is 3.06. The Hall–Kier alpha value is -1.90. The quantitative estimate of drug-likeness (QED) is 0.461. The van der Waals surface area contributed by atoms with Crippen LogP contribution in [0.2, 0.25) is 0 Å². The topological polar surface area (TPSA) is 26.3 Å². The van der Waals surface area contributed by atoms with Gasteiger partial charge in [-0.05, 0) is 25.0 Å². The van der Waals surface area contributed by atoms with E-state index in [2.05, 4.69) is 0 Å². The van der Waals surface area contributed by atoms with Crippen LogP contribution >= 0.6 is 0 Å². The Morgan fingerprint density at radius 1 is 1.39 bits per heavy atom. The molecule has 0 bridgehead atoms. The second-order valence-electron chi connectivity index (χ2n) is 3.70. The maximum Gasteiger partial charge on any atom is 0.338 e. The van der Waals surface area contributed by atoms with E-state index in [4.69, 9.17) is 4.74 Å². The highest BCUT2D eigenvalue weighted by molar-refractivity contribution is 6.06. The minimum Gasteiger partial charge on any atom is -0.465 e. The van der Waals surface area contributed by atoms with Crippen LogP contribution in [0.3, 0.4) is 0 Å². The average Bonchev–Trinajstić information content (AvgIpc) is 2.39. The summed E-state index contributed by atoms with van der Waals surface area (Å²) in [5, 5.41) is 0. The average molecular weight is 248 g/mol. The van der Waals surface area contributed by atoms with Gasteiger partial charge in [0.2, 0.25) is 0 Å². The third-order valence-electron chi connectivity index (χ3n) is 2.56. The zero-order valence-corrected chi connectivity index (χ0v) is 10.9. The van der Waals surface area contributed by atoms with Crippen molar-refractivity contribution in [3.05, 3.63) is 53.4 Å². The molecule has 0 heterocycles. The first-order chi connectivity index (χ1) is 8.65.